The van der Waals surface area contributed by atoms with Crippen molar-refractivity contribution in [1.29, 1.82) is 0 Å². The second-order valence-corrected chi connectivity index (χ2v) is 14.1. The molecule has 0 atom stereocenters. The van der Waals surface area contributed by atoms with Crippen molar-refractivity contribution in [3.63, 3.8) is 0 Å². The molecule has 0 spiro atoms. The third-order valence-corrected chi connectivity index (χ3v) is 11.1. The van der Waals surface area contributed by atoms with Crippen molar-refractivity contribution in [2.24, 2.45) is 10.3 Å². The maximum absolute atomic E-state index is 11.8. The van der Waals surface area contributed by atoms with E-state index in [1.54, 1.807) is 86.6 Å². The van der Waals surface area contributed by atoms with Crippen molar-refractivity contribution in [3.05, 3.63) is 83.9 Å². The molecular weight excluding hydrogens is 677 g/mol. The SMILES string of the molecule is Cc1ccc2nc(-c3ccc(N=NNc4ccc(-c5nc6ccc(C)c(S(=O)(=O)[O-])c6s5)cc4)cc3)sc2c1S(=O)(=O)[O-].[Na+].[Na+]. The Morgan fingerprint density at radius 2 is 1.07 bits per heavy atom. The van der Waals surface area contributed by atoms with Crippen molar-refractivity contribution < 1.29 is 85.1 Å². The van der Waals surface area contributed by atoms with Crippen LogP contribution in [-0.2, 0) is 20.2 Å². The Hall–Kier alpha value is -2.12. The summed E-state index contributed by atoms with van der Waals surface area (Å²) < 4.78 is 71.4. The normalized spacial score (nSPS) is 11.9. The summed E-state index contributed by atoms with van der Waals surface area (Å²) in [6.45, 7) is 3.16. The average molecular weight is 696 g/mol. The van der Waals surface area contributed by atoms with Crippen molar-refractivity contribution >= 4 is 74.7 Å². The van der Waals surface area contributed by atoms with Gasteiger partial charge in [0.05, 0.1) is 41.6 Å². The van der Waals surface area contributed by atoms with Crippen LogP contribution in [0.3, 0.4) is 0 Å². The number of anilines is 1. The molecule has 45 heavy (non-hydrogen) atoms. The molecule has 11 nitrogen and oxygen atoms in total. The van der Waals surface area contributed by atoms with Crippen LogP contribution in [0.25, 0.3) is 41.6 Å². The molecule has 0 amide bonds. The Balaban J connectivity index is 0.00000230. The number of hydrogen-bond donors (Lipinski definition) is 1. The van der Waals surface area contributed by atoms with Gasteiger partial charge in [-0.1, -0.05) is 17.4 Å². The largest absolute Gasteiger partial charge is 1.00 e. The molecule has 6 rings (SSSR count). The molecule has 0 saturated heterocycles. The van der Waals surface area contributed by atoms with Crippen molar-refractivity contribution in [3.8, 4) is 21.1 Å². The number of aromatic nitrogens is 2. The van der Waals surface area contributed by atoms with Gasteiger partial charge in [0, 0.05) is 11.1 Å². The molecule has 17 heteroatoms. The Kier molecular flexibility index (Phi) is 11.1. The molecule has 4 aromatic carbocycles. The van der Waals surface area contributed by atoms with Crippen LogP contribution in [0.5, 0.6) is 0 Å². The van der Waals surface area contributed by atoms with Crippen LogP contribution in [0.15, 0.2) is 92.9 Å². The van der Waals surface area contributed by atoms with E-state index in [0.717, 1.165) is 33.8 Å². The average Bonchev–Trinajstić information content (AvgIpc) is 3.56. The van der Waals surface area contributed by atoms with Crippen LogP contribution >= 0.6 is 22.7 Å². The van der Waals surface area contributed by atoms with E-state index < -0.39 is 20.2 Å². The van der Waals surface area contributed by atoms with E-state index in [2.05, 4.69) is 25.7 Å². The first-order chi connectivity index (χ1) is 20.4. The fourth-order valence-corrected chi connectivity index (χ4v) is 9.08. The number of hydrogen-bond acceptors (Lipinski definition) is 12. The van der Waals surface area contributed by atoms with Gasteiger partial charge in [-0.25, -0.2) is 26.8 Å². The van der Waals surface area contributed by atoms with Gasteiger partial charge in [-0.15, -0.1) is 27.8 Å². The molecule has 6 aromatic rings. The molecule has 1 N–H and O–H groups in total. The topological polar surface area (TPSA) is 177 Å². The first-order valence-electron chi connectivity index (χ1n) is 12.5. The minimum atomic E-state index is -4.65. The molecule has 0 aliphatic carbocycles. The maximum atomic E-state index is 11.8. The van der Waals surface area contributed by atoms with Gasteiger partial charge in [-0.2, -0.15) is 0 Å². The molecule has 0 aliphatic heterocycles. The van der Waals surface area contributed by atoms with Crippen LogP contribution in [0, 0.1) is 13.8 Å². The Labute approximate surface area is 310 Å². The van der Waals surface area contributed by atoms with Gasteiger partial charge in [0.15, 0.2) is 0 Å². The van der Waals surface area contributed by atoms with Crippen LogP contribution in [-0.4, -0.2) is 35.9 Å². The molecule has 2 aromatic heterocycles. The summed E-state index contributed by atoms with van der Waals surface area (Å²) in [6, 6.07) is 20.7. The first-order valence-corrected chi connectivity index (χ1v) is 16.9. The predicted octanol–water partition coefficient (Wildman–Crippen LogP) is 0.784. The van der Waals surface area contributed by atoms with E-state index in [1.807, 2.05) is 0 Å². The second kappa shape index (κ2) is 13.9. The van der Waals surface area contributed by atoms with Crippen molar-refractivity contribution in [1.82, 2.24) is 9.97 Å². The summed E-state index contributed by atoms with van der Waals surface area (Å²) in [7, 11) is -9.29. The molecule has 0 unspecified atom stereocenters. The summed E-state index contributed by atoms with van der Waals surface area (Å²) in [4.78, 5) is 8.52. The molecule has 0 aliphatic rings. The molecule has 0 saturated carbocycles. The number of fused-ring (bicyclic) bond motifs is 2. The van der Waals surface area contributed by atoms with E-state index in [9.17, 15) is 25.9 Å². The maximum Gasteiger partial charge on any atom is 1.00 e. The third kappa shape index (κ3) is 7.56. The van der Waals surface area contributed by atoms with Gasteiger partial charge in [-0.3, -0.25) is 5.43 Å². The van der Waals surface area contributed by atoms with E-state index in [1.165, 1.54) is 0 Å². The van der Waals surface area contributed by atoms with Gasteiger partial charge in [-0.05, 0) is 85.6 Å². The quantitative estimate of drug-likeness (QED) is 0.109. The third-order valence-electron chi connectivity index (χ3n) is 6.51. The number of aryl methyl sites for hydroxylation is 2. The number of nitrogens with one attached hydrogen (secondary N) is 1. The Morgan fingerprint density at radius 3 is 1.49 bits per heavy atom. The zero-order chi connectivity index (χ0) is 30.5. The molecule has 0 radical (unpaired) electrons. The standard InChI is InChI=1S/C28H21N5O6S4.2Na/c1-15-3-13-21-23(25(15)42(34,35)36)40-27(29-21)17-5-9-19(10-6-17)31-33-32-20-11-7-18(8-12-20)28-30-22-14-4-16(2)26(24(22)41-28)43(37,38)39;;/h3-14H,1-2H3,(H,31,32)(H,34,35,36)(H,37,38,39);;/q;2*+1/p-2. The summed E-state index contributed by atoms with van der Waals surface area (Å²) in [6.07, 6.45) is 0. The molecule has 218 valence electrons. The summed E-state index contributed by atoms with van der Waals surface area (Å²) in [5.41, 5.74) is 7.20. The number of thiazole rings is 2. The van der Waals surface area contributed by atoms with Gasteiger partial charge in [0.1, 0.15) is 30.3 Å². The van der Waals surface area contributed by atoms with Gasteiger partial charge < -0.3 is 9.11 Å². The molecule has 2 heterocycles. The van der Waals surface area contributed by atoms with E-state index in [4.69, 9.17) is 0 Å². The van der Waals surface area contributed by atoms with Crippen LogP contribution in [0.4, 0.5) is 11.4 Å². The minimum absolute atomic E-state index is 0. The monoisotopic (exact) mass is 695 g/mol. The minimum Gasteiger partial charge on any atom is -0.744 e. The fraction of sp³-hybridized carbons (Fsp3) is 0.0714. The van der Waals surface area contributed by atoms with E-state index in [0.29, 0.717) is 53.0 Å². The Morgan fingerprint density at radius 1 is 0.644 bits per heavy atom. The molecule has 0 bridgehead atoms. The number of rotatable bonds is 7. The molecule has 0 fully saturated rings. The summed E-state index contributed by atoms with van der Waals surface area (Å²) in [5, 5.41) is 9.34. The van der Waals surface area contributed by atoms with Crippen molar-refractivity contribution in [2.75, 3.05) is 5.43 Å². The first kappa shape index (κ1) is 35.7. The van der Waals surface area contributed by atoms with Gasteiger partial charge in [0.2, 0.25) is 0 Å². The van der Waals surface area contributed by atoms with Gasteiger partial charge >= 0.3 is 59.1 Å². The number of benzene rings is 4. The van der Waals surface area contributed by atoms with Crippen LogP contribution < -0.4 is 64.5 Å². The summed E-state index contributed by atoms with van der Waals surface area (Å²) >= 11 is 2.29. The molecular formula is C28H19N5Na2O6S4. The second-order valence-electron chi connectivity index (χ2n) is 9.50. The zero-order valence-electron chi connectivity index (χ0n) is 24.3. The van der Waals surface area contributed by atoms with Crippen LogP contribution in [0.2, 0.25) is 0 Å². The fourth-order valence-electron chi connectivity index (χ4n) is 4.50. The smallest absolute Gasteiger partial charge is 0.744 e. The van der Waals surface area contributed by atoms with Crippen molar-refractivity contribution in [2.45, 2.75) is 23.6 Å². The predicted molar refractivity (Wildman–Crippen MR) is 164 cm³/mol. The number of nitrogens with zero attached hydrogens (tertiary/aromatic N) is 4. The van der Waals surface area contributed by atoms with E-state index in [-0.39, 0.29) is 68.9 Å². The summed E-state index contributed by atoms with van der Waals surface area (Å²) in [5.74, 6) is 0. The Bertz CT molecular complexity index is 2290. The van der Waals surface area contributed by atoms with Gasteiger partial charge in [0.25, 0.3) is 0 Å². The zero-order valence-corrected chi connectivity index (χ0v) is 31.6. The van der Waals surface area contributed by atoms with E-state index >= 15 is 0 Å². The van der Waals surface area contributed by atoms with Crippen LogP contribution in [0.1, 0.15) is 11.1 Å².